The van der Waals surface area contributed by atoms with Gasteiger partial charge in [0.25, 0.3) is 0 Å². The molecule has 0 aliphatic rings. The fourth-order valence-corrected chi connectivity index (χ4v) is 4.15. The number of rotatable bonds is 10. The van der Waals surface area contributed by atoms with E-state index < -0.39 is 16.1 Å². The molecule has 1 atom stereocenters. The van der Waals surface area contributed by atoms with Crippen molar-refractivity contribution in [3.05, 3.63) is 35.4 Å². The predicted octanol–water partition coefficient (Wildman–Crippen LogP) is 1.21. The molecule has 6 nitrogen and oxygen atoms in total. The van der Waals surface area contributed by atoms with Gasteiger partial charge < -0.3 is 11.1 Å². The number of sulfonamides is 1. The van der Waals surface area contributed by atoms with Crippen LogP contribution >= 0.6 is 11.8 Å². The lowest BCUT2D eigenvalue weighted by Gasteiger charge is -2.15. The van der Waals surface area contributed by atoms with Crippen LogP contribution < -0.4 is 15.8 Å². The molecule has 0 aliphatic carbocycles. The summed E-state index contributed by atoms with van der Waals surface area (Å²) < 4.78 is 26.8. The number of amides is 1. The highest BCUT2D eigenvalue weighted by molar-refractivity contribution is 7.98. The van der Waals surface area contributed by atoms with Crippen LogP contribution in [0, 0.1) is 0 Å². The molecule has 1 aromatic rings. The van der Waals surface area contributed by atoms with Gasteiger partial charge in [0, 0.05) is 12.6 Å². The lowest BCUT2D eigenvalue weighted by atomic mass is 10.1. The summed E-state index contributed by atoms with van der Waals surface area (Å²) in [5.41, 5.74) is 7.28. The van der Waals surface area contributed by atoms with Crippen molar-refractivity contribution in [3.63, 3.8) is 0 Å². The molecule has 0 unspecified atom stereocenters. The Morgan fingerprint density at radius 3 is 2.46 bits per heavy atom. The molecule has 0 heterocycles. The van der Waals surface area contributed by atoms with Gasteiger partial charge in [-0.1, -0.05) is 24.3 Å². The molecule has 0 fully saturated rings. The number of nitrogens with two attached hydrogens (primary N) is 1. The Balaban J connectivity index is 2.72. The number of thioether (sulfide) groups is 1. The fourth-order valence-electron chi connectivity index (χ4n) is 2.17. The Labute approximate surface area is 149 Å². The molecule has 136 valence electrons. The second-order valence-electron chi connectivity index (χ2n) is 5.91. The van der Waals surface area contributed by atoms with Crippen LogP contribution in [0.15, 0.2) is 24.3 Å². The highest BCUT2D eigenvalue weighted by Gasteiger charge is 2.17. The van der Waals surface area contributed by atoms with E-state index in [1.807, 2.05) is 18.4 Å². The van der Waals surface area contributed by atoms with Crippen molar-refractivity contribution in [3.8, 4) is 0 Å². The molecule has 1 aromatic carbocycles. The molecule has 1 rings (SSSR count). The molecule has 1 amide bonds. The van der Waals surface area contributed by atoms with E-state index in [0.717, 1.165) is 11.3 Å². The Morgan fingerprint density at radius 2 is 1.88 bits per heavy atom. The molecule has 8 heteroatoms. The molecule has 0 saturated heterocycles. The lowest BCUT2D eigenvalue weighted by molar-refractivity contribution is -0.122. The summed E-state index contributed by atoms with van der Waals surface area (Å²) in [4.78, 5) is 12.0. The number of carbonyl (C=O) groups excluding carboxylic acids is 1. The second-order valence-corrected chi connectivity index (χ2v) is 8.65. The number of hydrogen-bond acceptors (Lipinski definition) is 5. The third-order valence-corrected chi connectivity index (χ3v) is 5.47. The normalized spacial score (nSPS) is 13.0. The standard InChI is InChI=1S/C16H27N3O3S2/c1-12(2)19-24(21,22)11-14-7-5-4-6-13(14)10-18-16(20)15(17)8-9-23-3/h4-7,12,15,19H,8-11,17H2,1-3H3,(H,18,20)/t15-/m0/s1. The van der Waals surface area contributed by atoms with Crippen LogP contribution in [0.1, 0.15) is 31.4 Å². The average molecular weight is 374 g/mol. The molecule has 0 radical (unpaired) electrons. The Hall–Kier alpha value is -1.09. The highest BCUT2D eigenvalue weighted by Crippen LogP contribution is 2.12. The maximum absolute atomic E-state index is 12.1. The first kappa shape index (κ1) is 21.0. The van der Waals surface area contributed by atoms with Crippen LogP contribution in [0.4, 0.5) is 0 Å². The van der Waals surface area contributed by atoms with Crippen LogP contribution in [0.5, 0.6) is 0 Å². The van der Waals surface area contributed by atoms with Crippen molar-refractivity contribution in [1.29, 1.82) is 0 Å². The second kappa shape index (κ2) is 10.0. The van der Waals surface area contributed by atoms with E-state index in [0.29, 0.717) is 12.0 Å². The Bertz CT molecular complexity index is 633. The van der Waals surface area contributed by atoms with Gasteiger partial charge in [0.05, 0.1) is 11.8 Å². The minimum absolute atomic E-state index is 0.115. The SMILES string of the molecule is CSCC[C@H](N)C(=O)NCc1ccccc1CS(=O)(=O)NC(C)C. The number of carbonyl (C=O) groups is 1. The smallest absolute Gasteiger partial charge is 0.237 e. The van der Waals surface area contributed by atoms with Crippen LogP contribution in [-0.4, -0.2) is 38.4 Å². The average Bonchev–Trinajstić information content (AvgIpc) is 2.49. The van der Waals surface area contributed by atoms with E-state index >= 15 is 0 Å². The minimum Gasteiger partial charge on any atom is -0.351 e. The maximum Gasteiger partial charge on any atom is 0.237 e. The summed E-state index contributed by atoms with van der Waals surface area (Å²) in [7, 11) is -3.41. The molecule has 0 bridgehead atoms. The van der Waals surface area contributed by atoms with Gasteiger partial charge in [0.15, 0.2) is 0 Å². The van der Waals surface area contributed by atoms with Gasteiger partial charge in [0.1, 0.15) is 0 Å². The summed E-state index contributed by atoms with van der Waals surface area (Å²) in [6, 6.07) is 6.48. The number of nitrogens with one attached hydrogen (secondary N) is 2. The monoisotopic (exact) mass is 373 g/mol. The van der Waals surface area contributed by atoms with Gasteiger partial charge in [-0.3, -0.25) is 4.79 Å². The van der Waals surface area contributed by atoms with Gasteiger partial charge in [-0.15, -0.1) is 0 Å². The molecule has 0 aliphatic heterocycles. The molecule has 0 spiro atoms. The third-order valence-electron chi connectivity index (χ3n) is 3.30. The Morgan fingerprint density at radius 1 is 1.25 bits per heavy atom. The highest BCUT2D eigenvalue weighted by atomic mass is 32.2. The summed E-state index contributed by atoms with van der Waals surface area (Å²) in [5, 5.41) is 2.79. The molecule has 4 N–H and O–H groups in total. The van der Waals surface area contributed by atoms with Crippen LogP contribution in [0.2, 0.25) is 0 Å². The van der Waals surface area contributed by atoms with Gasteiger partial charge in [0.2, 0.25) is 15.9 Å². The van der Waals surface area contributed by atoms with Crippen LogP contribution in [0.25, 0.3) is 0 Å². The van der Waals surface area contributed by atoms with Crippen molar-refractivity contribution >= 4 is 27.7 Å². The van der Waals surface area contributed by atoms with E-state index in [1.165, 1.54) is 0 Å². The quantitative estimate of drug-likeness (QED) is 0.572. The third kappa shape index (κ3) is 7.65. The van der Waals surface area contributed by atoms with Crippen molar-refractivity contribution in [1.82, 2.24) is 10.0 Å². The summed E-state index contributed by atoms with van der Waals surface area (Å²) >= 11 is 1.64. The van der Waals surface area contributed by atoms with Gasteiger partial charge in [-0.25, -0.2) is 13.1 Å². The van der Waals surface area contributed by atoms with Crippen LogP contribution in [-0.2, 0) is 27.1 Å². The van der Waals surface area contributed by atoms with Crippen molar-refractivity contribution in [2.45, 2.75) is 44.6 Å². The van der Waals surface area contributed by atoms with Gasteiger partial charge in [-0.2, -0.15) is 11.8 Å². The topological polar surface area (TPSA) is 101 Å². The van der Waals surface area contributed by atoms with Crippen LogP contribution in [0.3, 0.4) is 0 Å². The van der Waals surface area contributed by atoms with Crippen molar-refractivity contribution in [2.24, 2.45) is 5.73 Å². The predicted molar refractivity (Wildman–Crippen MR) is 100 cm³/mol. The maximum atomic E-state index is 12.1. The van der Waals surface area contributed by atoms with Gasteiger partial charge >= 0.3 is 0 Å². The van der Waals surface area contributed by atoms with E-state index in [1.54, 1.807) is 37.7 Å². The molecule has 24 heavy (non-hydrogen) atoms. The zero-order valence-electron chi connectivity index (χ0n) is 14.4. The first-order chi connectivity index (χ1) is 11.2. The Kier molecular flexibility index (Phi) is 8.75. The largest absolute Gasteiger partial charge is 0.351 e. The summed E-state index contributed by atoms with van der Waals surface area (Å²) in [5.74, 6) is 0.488. The fraction of sp³-hybridized carbons (Fsp3) is 0.562. The lowest BCUT2D eigenvalue weighted by Crippen LogP contribution is -2.40. The number of hydrogen-bond donors (Lipinski definition) is 3. The molecular formula is C16H27N3O3S2. The van der Waals surface area contributed by atoms with Crippen molar-refractivity contribution in [2.75, 3.05) is 12.0 Å². The molecule has 0 aromatic heterocycles. The number of benzene rings is 1. The first-order valence-electron chi connectivity index (χ1n) is 7.84. The molecular weight excluding hydrogens is 346 g/mol. The first-order valence-corrected chi connectivity index (χ1v) is 10.9. The zero-order valence-corrected chi connectivity index (χ0v) is 16.0. The van der Waals surface area contributed by atoms with Gasteiger partial charge in [-0.05, 0) is 43.4 Å². The summed E-state index contributed by atoms with van der Waals surface area (Å²) in [6.07, 6.45) is 2.58. The van der Waals surface area contributed by atoms with E-state index in [2.05, 4.69) is 10.0 Å². The van der Waals surface area contributed by atoms with E-state index in [4.69, 9.17) is 5.73 Å². The zero-order chi connectivity index (χ0) is 18.2. The van der Waals surface area contributed by atoms with Crippen molar-refractivity contribution < 1.29 is 13.2 Å². The van der Waals surface area contributed by atoms with E-state index in [9.17, 15) is 13.2 Å². The van der Waals surface area contributed by atoms with E-state index in [-0.39, 0.29) is 24.2 Å². The minimum atomic E-state index is -3.41. The summed E-state index contributed by atoms with van der Waals surface area (Å²) in [6.45, 7) is 3.82. The molecule has 0 saturated carbocycles.